The Bertz CT molecular complexity index is 486. The van der Waals surface area contributed by atoms with Crippen molar-refractivity contribution in [2.75, 3.05) is 46.8 Å². The molecule has 6 nitrogen and oxygen atoms in total. The van der Waals surface area contributed by atoms with Gasteiger partial charge in [-0.2, -0.15) is 0 Å². The topological polar surface area (TPSA) is 56.0 Å². The van der Waals surface area contributed by atoms with Crippen molar-refractivity contribution in [1.82, 2.24) is 20.4 Å². The first-order chi connectivity index (χ1) is 11.6. The molecule has 0 spiro atoms. The van der Waals surface area contributed by atoms with Crippen LogP contribution in [-0.4, -0.2) is 68.6 Å². The van der Waals surface area contributed by atoms with Gasteiger partial charge in [0.1, 0.15) is 5.76 Å². The monoisotopic (exact) mass is 463 g/mol. The van der Waals surface area contributed by atoms with Crippen LogP contribution in [0.4, 0.5) is 0 Å². The summed E-state index contributed by atoms with van der Waals surface area (Å²) in [7, 11) is 3.96. The van der Waals surface area contributed by atoms with Crippen LogP contribution in [0, 0.1) is 0 Å². The number of hydrogen-bond acceptors (Lipinski definition) is 4. The second-order valence-electron chi connectivity index (χ2n) is 6.73. The molecule has 0 amide bonds. The molecule has 1 fully saturated rings. The lowest BCUT2D eigenvalue weighted by Gasteiger charge is -2.27. The maximum atomic E-state index is 5.66. The molecule has 2 N–H and O–H groups in total. The molecule has 25 heavy (non-hydrogen) atoms. The van der Waals surface area contributed by atoms with Crippen LogP contribution in [0.1, 0.15) is 38.5 Å². The molecule has 1 aliphatic rings. The Balaban J connectivity index is 0.00000312. The summed E-state index contributed by atoms with van der Waals surface area (Å²) in [4.78, 5) is 9.14. The quantitative estimate of drug-likeness (QED) is 0.353. The van der Waals surface area contributed by atoms with Crippen LogP contribution in [0.5, 0.6) is 0 Å². The van der Waals surface area contributed by atoms with Gasteiger partial charge in [0.25, 0.3) is 0 Å². The second kappa shape index (κ2) is 11.7. The van der Waals surface area contributed by atoms with E-state index in [0.29, 0.717) is 6.04 Å². The SMILES string of the molecule is CN=C(NCCN(C)C(C)C)NCC(c1ccco1)N1CCCC1.I. The third kappa shape index (κ3) is 7.15. The van der Waals surface area contributed by atoms with Gasteiger partial charge in [-0.3, -0.25) is 9.89 Å². The predicted molar refractivity (Wildman–Crippen MR) is 115 cm³/mol. The number of hydrogen-bond donors (Lipinski definition) is 2. The molecular weight excluding hydrogens is 429 g/mol. The molecule has 0 aromatic carbocycles. The first-order valence-corrected chi connectivity index (χ1v) is 9.04. The molecule has 2 heterocycles. The molecule has 1 aromatic rings. The zero-order valence-electron chi connectivity index (χ0n) is 16.0. The normalized spacial score (nSPS) is 17.0. The molecule has 1 aliphatic heterocycles. The molecule has 0 aliphatic carbocycles. The highest BCUT2D eigenvalue weighted by atomic mass is 127. The number of guanidine groups is 1. The third-order valence-electron chi connectivity index (χ3n) is 4.78. The van der Waals surface area contributed by atoms with Gasteiger partial charge in [0.15, 0.2) is 5.96 Å². The second-order valence-corrected chi connectivity index (χ2v) is 6.73. The Hall–Kier alpha value is -0.800. The van der Waals surface area contributed by atoms with E-state index in [4.69, 9.17) is 4.42 Å². The average Bonchev–Trinajstić information content (AvgIpc) is 3.27. The standard InChI is InChI=1S/C18H33N5O.HI/c1-15(2)22(4)12-9-20-18(19-3)21-14-16(17-8-7-13-24-17)23-10-5-6-11-23;/h7-8,13,15-16H,5-6,9-12,14H2,1-4H3,(H2,19,20,21);1H. The summed E-state index contributed by atoms with van der Waals surface area (Å²) >= 11 is 0. The maximum absolute atomic E-state index is 5.66. The van der Waals surface area contributed by atoms with Crippen LogP contribution in [0.25, 0.3) is 0 Å². The van der Waals surface area contributed by atoms with E-state index >= 15 is 0 Å². The number of nitrogens with zero attached hydrogens (tertiary/aromatic N) is 3. The van der Waals surface area contributed by atoms with Gasteiger partial charge >= 0.3 is 0 Å². The molecule has 1 aromatic heterocycles. The summed E-state index contributed by atoms with van der Waals surface area (Å²) in [6, 6.07) is 4.85. The summed E-state index contributed by atoms with van der Waals surface area (Å²) in [6.07, 6.45) is 4.30. The average molecular weight is 463 g/mol. The summed E-state index contributed by atoms with van der Waals surface area (Å²) < 4.78 is 5.66. The summed E-state index contributed by atoms with van der Waals surface area (Å²) in [5, 5.41) is 6.85. The van der Waals surface area contributed by atoms with E-state index < -0.39 is 0 Å². The fraction of sp³-hybridized carbons (Fsp3) is 0.722. The van der Waals surface area contributed by atoms with E-state index in [2.05, 4.69) is 52.4 Å². The molecule has 1 unspecified atom stereocenters. The Morgan fingerprint density at radius 1 is 1.32 bits per heavy atom. The van der Waals surface area contributed by atoms with E-state index in [9.17, 15) is 0 Å². The van der Waals surface area contributed by atoms with E-state index in [1.165, 1.54) is 12.8 Å². The van der Waals surface area contributed by atoms with Gasteiger partial charge in [-0.05, 0) is 59.0 Å². The zero-order chi connectivity index (χ0) is 17.4. The van der Waals surface area contributed by atoms with Gasteiger partial charge in [-0.25, -0.2) is 0 Å². The first-order valence-electron chi connectivity index (χ1n) is 9.04. The molecule has 0 saturated carbocycles. The fourth-order valence-electron chi connectivity index (χ4n) is 2.97. The predicted octanol–water partition coefficient (Wildman–Crippen LogP) is 2.54. The lowest BCUT2D eigenvalue weighted by Crippen LogP contribution is -2.45. The van der Waals surface area contributed by atoms with Crippen molar-refractivity contribution in [3.63, 3.8) is 0 Å². The van der Waals surface area contributed by atoms with Crippen LogP contribution in [0.15, 0.2) is 27.8 Å². The Kier molecular flexibility index (Phi) is 10.4. The van der Waals surface area contributed by atoms with Crippen LogP contribution < -0.4 is 10.6 Å². The number of rotatable bonds is 8. The number of likely N-dealkylation sites (tertiary alicyclic amines) is 1. The Morgan fingerprint density at radius 2 is 2.04 bits per heavy atom. The van der Waals surface area contributed by atoms with Gasteiger partial charge in [0.05, 0.1) is 12.3 Å². The van der Waals surface area contributed by atoms with Crippen LogP contribution >= 0.6 is 24.0 Å². The lowest BCUT2D eigenvalue weighted by molar-refractivity contribution is 0.215. The van der Waals surface area contributed by atoms with E-state index in [1.54, 1.807) is 6.26 Å². The van der Waals surface area contributed by atoms with Crippen molar-refractivity contribution in [3.8, 4) is 0 Å². The van der Waals surface area contributed by atoms with Crippen molar-refractivity contribution < 1.29 is 4.42 Å². The molecule has 0 bridgehead atoms. The van der Waals surface area contributed by atoms with Gasteiger partial charge in [0.2, 0.25) is 0 Å². The molecule has 0 radical (unpaired) electrons. The first kappa shape index (κ1) is 22.2. The van der Waals surface area contributed by atoms with E-state index in [1.807, 2.05) is 13.1 Å². The Labute approximate surface area is 169 Å². The number of aliphatic imine (C=N–C) groups is 1. The molecule has 1 saturated heterocycles. The van der Waals surface area contributed by atoms with E-state index in [-0.39, 0.29) is 30.0 Å². The van der Waals surface area contributed by atoms with Crippen molar-refractivity contribution in [2.45, 2.75) is 38.8 Å². The fourth-order valence-corrected chi connectivity index (χ4v) is 2.97. The van der Waals surface area contributed by atoms with Gasteiger partial charge < -0.3 is 20.0 Å². The van der Waals surface area contributed by atoms with Crippen LogP contribution in [0.3, 0.4) is 0 Å². The molecule has 7 heteroatoms. The minimum atomic E-state index is 0. The summed E-state index contributed by atoms with van der Waals surface area (Å²) in [5.41, 5.74) is 0. The molecule has 1 atom stereocenters. The number of likely N-dealkylation sites (N-methyl/N-ethyl adjacent to an activating group) is 1. The van der Waals surface area contributed by atoms with Crippen LogP contribution in [0.2, 0.25) is 0 Å². The minimum absolute atomic E-state index is 0. The number of nitrogens with one attached hydrogen (secondary N) is 2. The minimum Gasteiger partial charge on any atom is -0.468 e. The van der Waals surface area contributed by atoms with Crippen molar-refractivity contribution in [1.29, 1.82) is 0 Å². The largest absolute Gasteiger partial charge is 0.468 e. The van der Waals surface area contributed by atoms with Crippen molar-refractivity contribution in [3.05, 3.63) is 24.2 Å². The van der Waals surface area contributed by atoms with Crippen molar-refractivity contribution in [2.24, 2.45) is 4.99 Å². The highest BCUT2D eigenvalue weighted by Crippen LogP contribution is 2.24. The number of furan rings is 1. The number of halogens is 1. The van der Waals surface area contributed by atoms with Gasteiger partial charge in [0, 0.05) is 32.7 Å². The molecule has 144 valence electrons. The van der Waals surface area contributed by atoms with Gasteiger partial charge in [-0.1, -0.05) is 0 Å². The highest BCUT2D eigenvalue weighted by molar-refractivity contribution is 14.0. The smallest absolute Gasteiger partial charge is 0.191 e. The lowest BCUT2D eigenvalue weighted by atomic mass is 10.2. The summed E-state index contributed by atoms with van der Waals surface area (Å²) in [5.74, 6) is 1.88. The zero-order valence-corrected chi connectivity index (χ0v) is 18.3. The van der Waals surface area contributed by atoms with Gasteiger partial charge in [-0.15, -0.1) is 24.0 Å². The van der Waals surface area contributed by atoms with Crippen molar-refractivity contribution >= 4 is 29.9 Å². The highest BCUT2D eigenvalue weighted by Gasteiger charge is 2.25. The molecular formula is C18H34IN5O. The van der Waals surface area contributed by atoms with E-state index in [0.717, 1.165) is 44.4 Å². The van der Waals surface area contributed by atoms with Crippen LogP contribution in [-0.2, 0) is 0 Å². The Morgan fingerprint density at radius 3 is 2.60 bits per heavy atom. The summed E-state index contributed by atoms with van der Waals surface area (Å²) in [6.45, 7) is 9.35. The molecule has 2 rings (SSSR count). The maximum Gasteiger partial charge on any atom is 0.191 e. The third-order valence-corrected chi connectivity index (χ3v) is 4.78.